The number of carbonyl (C=O) groups excluding carboxylic acids is 2. The predicted octanol–water partition coefficient (Wildman–Crippen LogP) is 3.05. The summed E-state index contributed by atoms with van der Waals surface area (Å²) in [7, 11) is -4.40. The first kappa shape index (κ1) is 27.9. The highest BCUT2D eigenvalue weighted by molar-refractivity contribution is 7.89. The van der Waals surface area contributed by atoms with Gasteiger partial charge in [0.05, 0.1) is 10.5 Å². The highest BCUT2D eigenvalue weighted by atomic mass is 32.2. The van der Waals surface area contributed by atoms with Crippen molar-refractivity contribution in [2.75, 3.05) is 19.6 Å². The molecule has 1 aromatic rings. The first-order chi connectivity index (χ1) is 15.7. The van der Waals surface area contributed by atoms with E-state index in [-0.39, 0.29) is 37.7 Å². The van der Waals surface area contributed by atoms with Crippen LogP contribution >= 0.6 is 0 Å². The molecule has 0 aliphatic carbocycles. The Morgan fingerprint density at radius 1 is 1.18 bits per heavy atom. The fourth-order valence-electron chi connectivity index (χ4n) is 3.71. The lowest BCUT2D eigenvalue weighted by atomic mass is 9.98. The van der Waals surface area contributed by atoms with Gasteiger partial charge in [-0.2, -0.15) is 17.9 Å². The van der Waals surface area contributed by atoms with E-state index in [9.17, 15) is 31.2 Å². The first-order valence-corrected chi connectivity index (χ1v) is 12.7. The summed E-state index contributed by atoms with van der Waals surface area (Å²) in [5.41, 5.74) is -1.09. The van der Waals surface area contributed by atoms with E-state index < -0.39 is 44.5 Å². The normalized spacial score (nSPS) is 19.1. The monoisotopic (exact) mass is 506 g/mol. The molecule has 1 aliphatic heterocycles. The fraction of sp³-hybridized carbons (Fsp3) is 0.636. The SMILES string of the molecule is CCC(C)C(NS(=O)(=O)c1cccc(C(F)(F)F)c1)C(=O)N1CCN(C(=O)NC(C)C)C(C)C1. The van der Waals surface area contributed by atoms with Gasteiger partial charge in [0, 0.05) is 31.7 Å². The molecule has 1 saturated heterocycles. The Bertz CT molecular complexity index is 985. The molecular formula is C22H33F3N4O4S. The van der Waals surface area contributed by atoms with Gasteiger partial charge < -0.3 is 15.1 Å². The maximum absolute atomic E-state index is 13.3. The third-order valence-electron chi connectivity index (χ3n) is 5.84. The zero-order valence-electron chi connectivity index (χ0n) is 20.0. The number of sulfonamides is 1. The molecule has 0 aromatic heterocycles. The van der Waals surface area contributed by atoms with E-state index in [1.165, 1.54) is 4.90 Å². The Balaban J connectivity index is 2.22. The van der Waals surface area contributed by atoms with Gasteiger partial charge in [-0.3, -0.25) is 4.79 Å². The molecule has 3 atom stereocenters. The molecule has 1 fully saturated rings. The molecule has 0 spiro atoms. The predicted molar refractivity (Wildman–Crippen MR) is 121 cm³/mol. The minimum atomic E-state index is -4.70. The molecule has 2 rings (SSSR count). The molecule has 1 heterocycles. The van der Waals surface area contributed by atoms with E-state index in [0.29, 0.717) is 12.5 Å². The number of carbonyl (C=O) groups is 2. The zero-order chi connectivity index (χ0) is 25.8. The topological polar surface area (TPSA) is 98.8 Å². The van der Waals surface area contributed by atoms with Crippen LogP contribution in [0, 0.1) is 5.92 Å². The van der Waals surface area contributed by atoms with Crippen LogP contribution in [0.2, 0.25) is 0 Å². The molecule has 8 nitrogen and oxygen atoms in total. The van der Waals surface area contributed by atoms with Crippen LogP contribution in [0.1, 0.15) is 46.6 Å². The number of nitrogens with zero attached hydrogens (tertiary/aromatic N) is 2. The number of rotatable bonds is 7. The number of piperazine rings is 1. The van der Waals surface area contributed by atoms with Crippen molar-refractivity contribution in [2.45, 2.75) is 70.2 Å². The number of hydrogen-bond donors (Lipinski definition) is 2. The summed E-state index contributed by atoms with van der Waals surface area (Å²) in [6.07, 6.45) is -4.23. The van der Waals surface area contributed by atoms with E-state index >= 15 is 0 Å². The maximum Gasteiger partial charge on any atom is 0.416 e. The van der Waals surface area contributed by atoms with E-state index in [1.807, 2.05) is 13.8 Å². The summed E-state index contributed by atoms with van der Waals surface area (Å²) >= 11 is 0. The van der Waals surface area contributed by atoms with Crippen LogP contribution in [0.3, 0.4) is 0 Å². The van der Waals surface area contributed by atoms with Crippen molar-refractivity contribution < 1.29 is 31.2 Å². The molecule has 12 heteroatoms. The van der Waals surface area contributed by atoms with Gasteiger partial charge in [-0.05, 0) is 44.9 Å². The van der Waals surface area contributed by atoms with Gasteiger partial charge in [-0.25, -0.2) is 13.2 Å². The van der Waals surface area contributed by atoms with Crippen LogP contribution in [0.4, 0.5) is 18.0 Å². The van der Waals surface area contributed by atoms with E-state index in [1.54, 1.807) is 25.7 Å². The number of hydrogen-bond acceptors (Lipinski definition) is 4. The summed E-state index contributed by atoms with van der Waals surface area (Å²) in [5.74, 6) is -0.883. The third-order valence-corrected chi connectivity index (χ3v) is 7.28. The molecule has 3 unspecified atom stereocenters. The summed E-state index contributed by atoms with van der Waals surface area (Å²) in [6.45, 7) is 9.68. The van der Waals surface area contributed by atoms with Crippen molar-refractivity contribution in [1.82, 2.24) is 19.8 Å². The molecule has 1 aliphatic rings. The van der Waals surface area contributed by atoms with E-state index in [4.69, 9.17) is 0 Å². The molecule has 0 radical (unpaired) electrons. The highest BCUT2D eigenvalue weighted by Crippen LogP contribution is 2.30. The lowest BCUT2D eigenvalue weighted by Gasteiger charge is -2.41. The van der Waals surface area contributed by atoms with E-state index in [2.05, 4.69) is 10.0 Å². The van der Waals surface area contributed by atoms with Crippen molar-refractivity contribution in [3.8, 4) is 0 Å². The van der Waals surface area contributed by atoms with E-state index in [0.717, 1.165) is 18.2 Å². The fourth-order valence-corrected chi connectivity index (χ4v) is 5.05. The van der Waals surface area contributed by atoms with Crippen molar-refractivity contribution in [1.29, 1.82) is 0 Å². The smallest absolute Gasteiger partial charge is 0.337 e. The van der Waals surface area contributed by atoms with Crippen LogP contribution in [0.15, 0.2) is 29.2 Å². The quantitative estimate of drug-likeness (QED) is 0.594. The number of nitrogens with one attached hydrogen (secondary N) is 2. The van der Waals surface area contributed by atoms with Crippen LogP contribution < -0.4 is 10.0 Å². The molecule has 1 aromatic carbocycles. The second kappa shape index (κ2) is 10.9. The molecule has 34 heavy (non-hydrogen) atoms. The van der Waals surface area contributed by atoms with Crippen molar-refractivity contribution in [3.05, 3.63) is 29.8 Å². The molecule has 3 amide bonds. The zero-order valence-corrected chi connectivity index (χ0v) is 20.8. The summed E-state index contributed by atoms with van der Waals surface area (Å²) in [5, 5.41) is 2.81. The Morgan fingerprint density at radius 3 is 2.35 bits per heavy atom. The Kier molecular flexibility index (Phi) is 8.98. The standard InChI is InChI=1S/C22H33F3N4O4S/c1-6-15(4)19(27-34(32,33)18-9-7-8-17(12-18)22(23,24)25)20(30)28-10-11-29(16(5)13-28)21(31)26-14(2)3/h7-9,12,14-16,19,27H,6,10-11,13H2,1-5H3,(H,26,31). The number of alkyl halides is 3. The van der Waals surface area contributed by atoms with Gasteiger partial charge in [0.2, 0.25) is 15.9 Å². The van der Waals surface area contributed by atoms with Gasteiger partial charge in [0.25, 0.3) is 0 Å². The van der Waals surface area contributed by atoms with Gasteiger partial charge in [0.1, 0.15) is 6.04 Å². The van der Waals surface area contributed by atoms with Gasteiger partial charge in [-0.15, -0.1) is 0 Å². The lowest BCUT2D eigenvalue weighted by molar-refractivity contribution is -0.138. The molecule has 0 bridgehead atoms. The van der Waals surface area contributed by atoms with Crippen LogP contribution in [-0.2, 0) is 21.0 Å². The second-order valence-electron chi connectivity index (χ2n) is 8.94. The minimum absolute atomic E-state index is 0.0422. The maximum atomic E-state index is 13.3. The minimum Gasteiger partial charge on any atom is -0.337 e. The molecular weight excluding hydrogens is 473 g/mol. The van der Waals surface area contributed by atoms with Gasteiger partial charge in [-0.1, -0.05) is 26.3 Å². The van der Waals surface area contributed by atoms with Crippen LogP contribution in [-0.4, -0.2) is 67.9 Å². The van der Waals surface area contributed by atoms with Crippen LogP contribution in [0.25, 0.3) is 0 Å². The largest absolute Gasteiger partial charge is 0.416 e. The Morgan fingerprint density at radius 2 is 1.82 bits per heavy atom. The first-order valence-electron chi connectivity index (χ1n) is 11.2. The number of halogens is 3. The van der Waals surface area contributed by atoms with Gasteiger partial charge >= 0.3 is 12.2 Å². The number of benzene rings is 1. The van der Waals surface area contributed by atoms with Crippen molar-refractivity contribution >= 4 is 22.0 Å². The Hall–Kier alpha value is -2.34. The lowest BCUT2D eigenvalue weighted by Crippen LogP contribution is -2.61. The number of urea groups is 1. The second-order valence-corrected chi connectivity index (χ2v) is 10.7. The van der Waals surface area contributed by atoms with Crippen molar-refractivity contribution in [3.63, 3.8) is 0 Å². The van der Waals surface area contributed by atoms with Crippen molar-refractivity contribution in [2.24, 2.45) is 5.92 Å². The van der Waals surface area contributed by atoms with Crippen LogP contribution in [0.5, 0.6) is 0 Å². The highest BCUT2D eigenvalue weighted by Gasteiger charge is 2.37. The number of amides is 3. The summed E-state index contributed by atoms with van der Waals surface area (Å²) < 4.78 is 67.4. The third kappa shape index (κ3) is 6.84. The summed E-state index contributed by atoms with van der Waals surface area (Å²) in [4.78, 5) is 28.3. The average Bonchev–Trinajstić information content (AvgIpc) is 2.75. The molecule has 2 N–H and O–H groups in total. The molecule has 0 saturated carbocycles. The Labute approximate surface area is 198 Å². The average molecular weight is 507 g/mol. The molecule has 192 valence electrons. The summed E-state index contributed by atoms with van der Waals surface area (Å²) in [6, 6.07) is 1.67. The van der Waals surface area contributed by atoms with Gasteiger partial charge in [0.15, 0.2) is 0 Å².